The van der Waals surface area contributed by atoms with Crippen molar-refractivity contribution in [2.45, 2.75) is 51.4 Å². The van der Waals surface area contributed by atoms with Gasteiger partial charge < -0.3 is 14.6 Å². The monoisotopic (exact) mass is 429 g/mol. The van der Waals surface area contributed by atoms with Gasteiger partial charge in [0.25, 0.3) is 0 Å². The molecule has 1 unspecified atom stereocenters. The molecule has 4 heteroatoms. The summed E-state index contributed by atoms with van der Waals surface area (Å²) in [5, 5.41) is 12.1. The molecule has 0 aliphatic rings. The number of aliphatic carboxylic acids is 1. The molecule has 0 aliphatic heterocycles. The molecule has 3 aromatic rings. The number of hydrogen-bond donors (Lipinski definition) is 0. The first-order valence-electron chi connectivity index (χ1n) is 10.9. The van der Waals surface area contributed by atoms with Crippen molar-refractivity contribution in [3.8, 4) is 5.75 Å². The molecule has 32 heavy (non-hydrogen) atoms. The third-order valence-electron chi connectivity index (χ3n) is 5.47. The van der Waals surface area contributed by atoms with E-state index in [2.05, 4.69) is 0 Å². The molecule has 0 aliphatic carbocycles. The predicted octanol–water partition coefficient (Wildman–Crippen LogP) is 4.60. The van der Waals surface area contributed by atoms with Crippen molar-refractivity contribution in [3.05, 3.63) is 101 Å². The third kappa shape index (κ3) is 6.30. The van der Waals surface area contributed by atoms with E-state index in [1.165, 1.54) is 0 Å². The number of carbonyl (C=O) groups is 2. The highest BCUT2D eigenvalue weighted by molar-refractivity contribution is 5.76. The van der Waals surface area contributed by atoms with Crippen LogP contribution in [0.25, 0.3) is 0 Å². The zero-order valence-electron chi connectivity index (χ0n) is 18.8. The van der Waals surface area contributed by atoms with Crippen LogP contribution in [0, 0.1) is 0 Å². The normalized spacial score (nSPS) is 12.2. The van der Waals surface area contributed by atoms with Crippen LogP contribution in [-0.2, 0) is 27.8 Å². The summed E-state index contributed by atoms with van der Waals surface area (Å²) in [5.41, 5.74) is 3.18. The maximum Gasteiger partial charge on any atom is 0.311 e. The lowest BCUT2D eigenvalue weighted by molar-refractivity contribution is -0.308. The maximum atomic E-state index is 12.4. The van der Waals surface area contributed by atoms with Gasteiger partial charge in [-0.1, -0.05) is 87.5 Å². The first kappa shape index (κ1) is 23.3. The van der Waals surface area contributed by atoms with E-state index in [0.29, 0.717) is 24.2 Å². The number of rotatable bonds is 8. The number of hydrogen-bond acceptors (Lipinski definition) is 4. The summed E-state index contributed by atoms with van der Waals surface area (Å²) in [6, 6.07) is 24.5. The molecule has 0 N–H and O–H groups in total. The second-order valence-electron chi connectivity index (χ2n) is 9.02. The van der Waals surface area contributed by atoms with Crippen LogP contribution in [0.1, 0.15) is 55.4 Å². The van der Waals surface area contributed by atoms with Gasteiger partial charge in [0, 0.05) is 18.3 Å². The molecule has 0 saturated carbocycles. The van der Waals surface area contributed by atoms with Crippen LogP contribution in [0.15, 0.2) is 78.9 Å². The molecule has 0 saturated heterocycles. The Kier molecular flexibility index (Phi) is 7.47. The number of benzene rings is 3. The van der Waals surface area contributed by atoms with Gasteiger partial charge in [0.1, 0.15) is 5.75 Å². The second kappa shape index (κ2) is 10.3. The van der Waals surface area contributed by atoms with Crippen LogP contribution < -0.4 is 9.84 Å². The number of aryl methyl sites for hydroxylation is 1. The molecule has 4 nitrogen and oxygen atoms in total. The van der Waals surface area contributed by atoms with Crippen molar-refractivity contribution in [2.75, 3.05) is 0 Å². The lowest BCUT2D eigenvalue weighted by Crippen LogP contribution is -2.32. The third-order valence-corrected chi connectivity index (χ3v) is 5.47. The average molecular weight is 430 g/mol. The van der Waals surface area contributed by atoms with E-state index in [0.717, 1.165) is 16.7 Å². The number of esters is 1. The van der Waals surface area contributed by atoms with Crippen LogP contribution in [0.3, 0.4) is 0 Å². The van der Waals surface area contributed by atoms with Gasteiger partial charge in [-0.3, -0.25) is 4.79 Å². The molecular weight excluding hydrogens is 400 g/mol. The van der Waals surface area contributed by atoms with Gasteiger partial charge in [0.2, 0.25) is 0 Å². The Balaban J connectivity index is 1.81. The van der Waals surface area contributed by atoms with E-state index in [4.69, 9.17) is 4.74 Å². The SMILES string of the molecule is CC(C)(C)c1cc(OC(=O)CCc2ccccc2)ccc1C(Cc1ccccc1)C(=O)[O-]. The Hall–Kier alpha value is -3.40. The van der Waals surface area contributed by atoms with Gasteiger partial charge in [-0.05, 0) is 52.6 Å². The Morgan fingerprint density at radius 1 is 0.875 bits per heavy atom. The van der Waals surface area contributed by atoms with Crippen LogP contribution in [0.2, 0.25) is 0 Å². The van der Waals surface area contributed by atoms with E-state index in [1.807, 2.05) is 81.4 Å². The Labute approximate surface area is 189 Å². The fourth-order valence-electron chi connectivity index (χ4n) is 3.80. The highest BCUT2D eigenvalue weighted by atomic mass is 16.5. The number of carbonyl (C=O) groups excluding carboxylic acids is 2. The quantitative estimate of drug-likeness (QED) is 0.388. The first-order valence-corrected chi connectivity index (χ1v) is 10.9. The highest BCUT2D eigenvalue weighted by Gasteiger charge is 2.25. The zero-order chi connectivity index (χ0) is 23.1. The minimum atomic E-state index is -1.12. The summed E-state index contributed by atoms with van der Waals surface area (Å²) in [6.45, 7) is 6.05. The molecule has 0 amide bonds. The van der Waals surface area contributed by atoms with E-state index in [9.17, 15) is 14.7 Å². The van der Waals surface area contributed by atoms with Crippen molar-refractivity contribution in [3.63, 3.8) is 0 Å². The second-order valence-corrected chi connectivity index (χ2v) is 9.02. The van der Waals surface area contributed by atoms with Crippen molar-refractivity contribution < 1.29 is 19.4 Å². The van der Waals surface area contributed by atoms with E-state index >= 15 is 0 Å². The Morgan fingerprint density at radius 2 is 1.47 bits per heavy atom. The van der Waals surface area contributed by atoms with Crippen molar-refractivity contribution in [1.82, 2.24) is 0 Å². The minimum absolute atomic E-state index is 0.270. The van der Waals surface area contributed by atoms with Crippen LogP contribution in [0.5, 0.6) is 5.75 Å². The molecule has 1 atom stereocenters. The molecule has 0 radical (unpaired) electrons. The number of carboxylic acid groups (broad SMARTS) is 1. The van der Waals surface area contributed by atoms with Crippen LogP contribution in [-0.4, -0.2) is 11.9 Å². The molecule has 0 spiro atoms. The van der Waals surface area contributed by atoms with Crippen LogP contribution >= 0.6 is 0 Å². The number of carboxylic acids is 1. The molecule has 3 rings (SSSR count). The molecular formula is C28H29O4-. The van der Waals surface area contributed by atoms with E-state index in [1.54, 1.807) is 18.2 Å². The largest absolute Gasteiger partial charge is 0.549 e. The fraction of sp³-hybridized carbons (Fsp3) is 0.286. The molecule has 166 valence electrons. The zero-order valence-corrected chi connectivity index (χ0v) is 18.8. The van der Waals surface area contributed by atoms with Gasteiger partial charge in [-0.15, -0.1) is 0 Å². The summed E-state index contributed by atoms with van der Waals surface area (Å²) in [4.78, 5) is 24.5. The van der Waals surface area contributed by atoms with Crippen molar-refractivity contribution in [1.29, 1.82) is 0 Å². The molecule has 0 heterocycles. The summed E-state index contributed by atoms with van der Waals surface area (Å²) in [7, 11) is 0. The average Bonchev–Trinajstić information content (AvgIpc) is 2.77. The van der Waals surface area contributed by atoms with Gasteiger partial charge in [-0.2, -0.15) is 0 Å². The van der Waals surface area contributed by atoms with E-state index in [-0.39, 0.29) is 17.8 Å². The van der Waals surface area contributed by atoms with Crippen molar-refractivity contribution >= 4 is 11.9 Å². The minimum Gasteiger partial charge on any atom is -0.549 e. The van der Waals surface area contributed by atoms with E-state index < -0.39 is 11.9 Å². The number of ether oxygens (including phenoxy) is 1. The smallest absolute Gasteiger partial charge is 0.311 e. The first-order chi connectivity index (χ1) is 15.2. The highest BCUT2D eigenvalue weighted by Crippen LogP contribution is 2.35. The standard InChI is InChI=1S/C28H30O4/c1-28(2,3)25-19-22(32-26(29)17-14-20-10-6-4-7-11-20)15-16-23(25)24(27(30)31)18-21-12-8-5-9-13-21/h4-13,15-16,19,24H,14,17-18H2,1-3H3,(H,30,31)/p-1. The van der Waals surface area contributed by atoms with Gasteiger partial charge in [0.05, 0.1) is 0 Å². The lowest BCUT2D eigenvalue weighted by atomic mass is 9.78. The van der Waals surface area contributed by atoms with Gasteiger partial charge >= 0.3 is 5.97 Å². The summed E-state index contributed by atoms with van der Waals surface area (Å²) in [6.07, 6.45) is 1.21. The summed E-state index contributed by atoms with van der Waals surface area (Å²) < 4.78 is 5.58. The Morgan fingerprint density at radius 3 is 2.03 bits per heavy atom. The van der Waals surface area contributed by atoms with Gasteiger partial charge in [0.15, 0.2) is 0 Å². The fourth-order valence-corrected chi connectivity index (χ4v) is 3.80. The Bertz CT molecular complexity index is 1050. The summed E-state index contributed by atoms with van der Waals surface area (Å²) in [5.74, 6) is -1.81. The summed E-state index contributed by atoms with van der Waals surface area (Å²) >= 11 is 0. The molecule has 0 aromatic heterocycles. The van der Waals surface area contributed by atoms with Crippen LogP contribution in [0.4, 0.5) is 0 Å². The maximum absolute atomic E-state index is 12.4. The topological polar surface area (TPSA) is 66.4 Å². The molecule has 0 fully saturated rings. The van der Waals surface area contributed by atoms with Gasteiger partial charge in [-0.25, -0.2) is 0 Å². The lowest BCUT2D eigenvalue weighted by Gasteiger charge is -2.29. The predicted molar refractivity (Wildman–Crippen MR) is 123 cm³/mol. The molecule has 3 aromatic carbocycles. The molecule has 0 bridgehead atoms. The van der Waals surface area contributed by atoms with Crippen molar-refractivity contribution in [2.24, 2.45) is 0 Å².